The van der Waals surface area contributed by atoms with Crippen molar-refractivity contribution in [3.05, 3.63) is 0 Å². The maximum absolute atomic E-state index is 11.8. The van der Waals surface area contributed by atoms with Crippen molar-refractivity contribution in [1.29, 1.82) is 0 Å². The Hall–Kier alpha value is -0.430. The molecule has 0 saturated carbocycles. The van der Waals surface area contributed by atoms with Crippen molar-refractivity contribution in [2.24, 2.45) is 17.6 Å². The molecule has 0 aromatic carbocycles. The number of carbonyl (C=O) groups excluding carboxylic acids is 1. The zero-order valence-electron chi connectivity index (χ0n) is 10.7. The number of nitrogens with one attached hydrogen (secondary N) is 1. The largest absolute Gasteiger partial charge is 0.441 e. The third kappa shape index (κ3) is 10.7. The van der Waals surface area contributed by atoms with Gasteiger partial charge in [0.2, 0.25) is 5.91 Å². The number of rotatable bonds is 8. The molecular formula is C11H21F3N2OS. The summed E-state index contributed by atoms with van der Waals surface area (Å²) in [7, 11) is 0. The summed E-state index contributed by atoms with van der Waals surface area (Å²) >= 11 is -0.129. The van der Waals surface area contributed by atoms with Gasteiger partial charge in [-0.15, -0.1) is 0 Å². The molecule has 0 fully saturated rings. The van der Waals surface area contributed by atoms with Crippen molar-refractivity contribution in [3.63, 3.8) is 0 Å². The van der Waals surface area contributed by atoms with Crippen molar-refractivity contribution in [1.82, 2.24) is 5.32 Å². The molecule has 0 aliphatic rings. The molecule has 0 aromatic heterocycles. The monoisotopic (exact) mass is 286 g/mol. The topological polar surface area (TPSA) is 55.1 Å². The second-order valence-electron chi connectivity index (χ2n) is 4.58. The molecule has 3 nitrogen and oxygen atoms in total. The summed E-state index contributed by atoms with van der Waals surface area (Å²) in [5.41, 5.74) is 1.31. The van der Waals surface area contributed by atoms with Crippen LogP contribution in [0.4, 0.5) is 13.2 Å². The molecule has 108 valence electrons. The quantitative estimate of drug-likeness (QED) is 0.674. The van der Waals surface area contributed by atoms with Crippen LogP contribution < -0.4 is 11.1 Å². The maximum atomic E-state index is 11.8. The van der Waals surface area contributed by atoms with E-state index in [2.05, 4.69) is 5.32 Å². The molecule has 0 rings (SSSR count). The minimum absolute atomic E-state index is 0.0297. The zero-order chi connectivity index (χ0) is 14.2. The summed E-state index contributed by atoms with van der Waals surface area (Å²) in [5, 5.41) is 2.48. The Bertz CT molecular complexity index is 247. The summed E-state index contributed by atoms with van der Waals surface area (Å²) < 4.78 is 35.5. The maximum Gasteiger partial charge on any atom is 0.441 e. The van der Waals surface area contributed by atoms with Crippen LogP contribution >= 0.6 is 11.8 Å². The Morgan fingerprint density at radius 2 is 2.00 bits per heavy atom. The van der Waals surface area contributed by atoms with E-state index in [-0.39, 0.29) is 42.3 Å². The van der Waals surface area contributed by atoms with Crippen molar-refractivity contribution in [2.75, 3.05) is 18.8 Å². The number of nitrogens with two attached hydrogens (primary N) is 1. The number of amides is 1. The summed E-state index contributed by atoms with van der Waals surface area (Å²) in [4.78, 5) is 11.5. The van der Waals surface area contributed by atoms with Gasteiger partial charge in [-0.2, -0.15) is 13.2 Å². The standard InChI is InChI=1S/C11H21F3N2OS/c1-8(2)5-9(7-15)6-10(17)16-3-4-18-11(12,13)14/h8-9H,3-7,15H2,1-2H3,(H,16,17)/t9-/m0/s1. The van der Waals surface area contributed by atoms with E-state index in [1.165, 1.54) is 0 Å². The lowest BCUT2D eigenvalue weighted by Gasteiger charge is -2.16. The minimum atomic E-state index is -4.23. The second-order valence-corrected chi connectivity index (χ2v) is 5.74. The highest BCUT2D eigenvalue weighted by atomic mass is 32.2. The molecule has 0 aliphatic heterocycles. The summed E-state index contributed by atoms with van der Waals surface area (Å²) in [5.74, 6) is 0.161. The highest BCUT2D eigenvalue weighted by Crippen LogP contribution is 2.29. The Morgan fingerprint density at radius 3 is 2.44 bits per heavy atom. The van der Waals surface area contributed by atoms with Gasteiger partial charge < -0.3 is 11.1 Å². The van der Waals surface area contributed by atoms with E-state index in [0.29, 0.717) is 12.5 Å². The first-order valence-electron chi connectivity index (χ1n) is 5.92. The predicted molar refractivity (Wildman–Crippen MR) is 68.1 cm³/mol. The summed E-state index contributed by atoms with van der Waals surface area (Å²) in [6.45, 7) is 4.53. The molecule has 0 saturated heterocycles. The van der Waals surface area contributed by atoms with Crippen LogP contribution in [0.1, 0.15) is 26.7 Å². The molecule has 0 spiro atoms. The molecule has 1 amide bonds. The van der Waals surface area contributed by atoms with E-state index >= 15 is 0 Å². The van der Waals surface area contributed by atoms with Gasteiger partial charge in [0, 0.05) is 18.7 Å². The van der Waals surface area contributed by atoms with Crippen LogP contribution in [0.25, 0.3) is 0 Å². The Balaban J connectivity index is 3.75. The molecule has 3 N–H and O–H groups in total. The Morgan fingerprint density at radius 1 is 1.39 bits per heavy atom. The molecule has 0 aromatic rings. The van der Waals surface area contributed by atoms with E-state index in [9.17, 15) is 18.0 Å². The fourth-order valence-electron chi connectivity index (χ4n) is 1.62. The third-order valence-electron chi connectivity index (χ3n) is 2.30. The first kappa shape index (κ1) is 17.6. The minimum Gasteiger partial charge on any atom is -0.355 e. The van der Waals surface area contributed by atoms with Crippen LogP contribution in [0.2, 0.25) is 0 Å². The van der Waals surface area contributed by atoms with Gasteiger partial charge in [-0.3, -0.25) is 4.79 Å². The first-order valence-corrected chi connectivity index (χ1v) is 6.90. The highest BCUT2D eigenvalue weighted by molar-refractivity contribution is 8.00. The van der Waals surface area contributed by atoms with Crippen LogP contribution in [0.5, 0.6) is 0 Å². The Labute approximate surface area is 110 Å². The van der Waals surface area contributed by atoms with Crippen molar-refractivity contribution in [3.8, 4) is 0 Å². The van der Waals surface area contributed by atoms with Gasteiger partial charge in [-0.05, 0) is 36.6 Å². The summed E-state index contributed by atoms with van der Waals surface area (Å²) in [6.07, 6.45) is 1.13. The Kier molecular flexibility index (Phi) is 8.43. The van der Waals surface area contributed by atoms with Gasteiger partial charge in [-0.1, -0.05) is 13.8 Å². The molecule has 0 bridgehead atoms. The normalized spacial score (nSPS) is 13.7. The van der Waals surface area contributed by atoms with Crippen LogP contribution in [-0.2, 0) is 4.79 Å². The second kappa shape index (κ2) is 8.63. The SMILES string of the molecule is CC(C)C[C@H](CN)CC(=O)NCCSC(F)(F)F. The van der Waals surface area contributed by atoms with E-state index in [4.69, 9.17) is 5.73 Å². The highest BCUT2D eigenvalue weighted by Gasteiger charge is 2.27. The van der Waals surface area contributed by atoms with Crippen molar-refractivity contribution < 1.29 is 18.0 Å². The predicted octanol–water partition coefficient (Wildman–Crippen LogP) is 2.37. The van der Waals surface area contributed by atoms with Gasteiger partial charge in [0.05, 0.1) is 0 Å². The average Bonchev–Trinajstić information content (AvgIpc) is 2.21. The molecule has 0 radical (unpaired) electrons. The number of hydrogen-bond acceptors (Lipinski definition) is 3. The van der Waals surface area contributed by atoms with E-state index < -0.39 is 5.51 Å². The number of halogens is 3. The summed E-state index contributed by atoms with van der Waals surface area (Å²) in [6, 6.07) is 0. The molecule has 0 heterocycles. The van der Waals surface area contributed by atoms with E-state index in [1.807, 2.05) is 13.8 Å². The molecule has 0 unspecified atom stereocenters. The number of hydrogen-bond donors (Lipinski definition) is 2. The smallest absolute Gasteiger partial charge is 0.355 e. The van der Waals surface area contributed by atoms with Gasteiger partial charge in [-0.25, -0.2) is 0 Å². The molecule has 18 heavy (non-hydrogen) atoms. The first-order chi connectivity index (χ1) is 8.24. The zero-order valence-corrected chi connectivity index (χ0v) is 11.5. The lowest BCUT2D eigenvalue weighted by molar-refractivity contribution is -0.121. The molecule has 0 aliphatic carbocycles. The number of thioether (sulfide) groups is 1. The van der Waals surface area contributed by atoms with Crippen LogP contribution in [0.15, 0.2) is 0 Å². The van der Waals surface area contributed by atoms with Crippen LogP contribution in [0, 0.1) is 11.8 Å². The molecule has 7 heteroatoms. The third-order valence-corrected chi connectivity index (χ3v) is 3.04. The van der Waals surface area contributed by atoms with Crippen LogP contribution in [-0.4, -0.2) is 30.3 Å². The van der Waals surface area contributed by atoms with Gasteiger partial charge in [0.25, 0.3) is 0 Å². The van der Waals surface area contributed by atoms with E-state index in [1.54, 1.807) is 0 Å². The average molecular weight is 286 g/mol. The van der Waals surface area contributed by atoms with Crippen molar-refractivity contribution >= 4 is 17.7 Å². The fraction of sp³-hybridized carbons (Fsp3) is 0.909. The van der Waals surface area contributed by atoms with Gasteiger partial charge in [0.15, 0.2) is 0 Å². The van der Waals surface area contributed by atoms with E-state index in [0.717, 1.165) is 6.42 Å². The fourth-order valence-corrected chi connectivity index (χ4v) is 2.06. The van der Waals surface area contributed by atoms with Gasteiger partial charge >= 0.3 is 5.51 Å². The lowest BCUT2D eigenvalue weighted by Crippen LogP contribution is -2.30. The van der Waals surface area contributed by atoms with Crippen LogP contribution in [0.3, 0.4) is 0 Å². The lowest BCUT2D eigenvalue weighted by atomic mass is 9.94. The number of carbonyl (C=O) groups is 1. The molecular weight excluding hydrogens is 265 g/mol. The number of alkyl halides is 3. The van der Waals surface area contributed by atoms with Gasteiger partial charge in [0.1, 0.15) is 0 Å². The molecule has 1 atom stereocenters. The van der Waals surface area contributed by atoms with Crippen molar-refractivity contribution in [2.45, 2.75) is 32.2 Å².